The Bertz CT molecular complexity index is 802. The van der Waals surface area contributed by atoms with E-state index in [1.54, 1.807) is 12.1 Å². The molecule has 130 valence electrons. The molecule has 1 fully saturated rings. The molecule has 23 heavy (non-hydrogen) atoms. The van der Waals surface area contributed by atoms with Gasteiger partial charge < -0.3 is 5.11 Å². The summed E-state index contributed by atoms with van der Waals surface area (Å²) in [5, 5.41) is 11.3. The molecule has 1 aliphatic heterocycles. The van der Waals surface area contributed by atoms with Gasteiger partial charge in [-0.15, -0.1) is 4.41 Å². The number of nitrogens with zero attached hydrogens (tertiary/aromatic N) is 2. The zero-order valence-corrected chi connectivity index (χ0v) is 15.2. The van der Waals surface area contributed by atoms with Gasteiger partial charge in [0, 0.05) is 14.1 Å². The Hall–Kier alpha value is -1.00. The molecule has 0 amide bonds. The van der Waals surface area contributed by atoms with Crippen LogP contribution >= 0.6 is 0 Å². The van der Waals surface area contributed by atoms with Gasteiger partial charge in [0.05, 0.1) is 28.5 Å². The second-order valence-electron chi connectivity index (χ2n) is 6.08. The van der Waals surface area contributed by atoms with Gasteiger partial charge in [-0.05, 0) is 37.1 Å². The van der Waals surface area contributed by atoms with Crippen molar-refractivity contribution in [2.45, 2.75) is 30.9 Å². The van der Waals surface area contributed by atoms with E-state index in [9.17, 15) is 21.9 Å². The lowest BCUT2D eigenvalue weighted by Crippen LogP contribution is -2.53. The van der Waals surface area contributed by atoms with E-state index in [4.69, 9.17) is 0 Å². The van der Waals surface area contributed by atoms with Crippen LogP contribution in [0.15, 0.2) is 23.1 Å². The monoisotopic (exact) mass is 362 g/mol. The van der Waals surface area contributed by atoms with Crippen molar-refractivity contribution < 1.29 is 21.9 Å². The molecule has 1 heterocycles. The third-order valence-corrected chi connectivity index (χ3v) is 7.63. The Balaban J connectivity index is 2.50. The number of aliphatic hydroxyl groups is 1. The summed E-state index contributed by atoms with van der Waals surface area (Å²) in [5.41, 5.74) is 1.79. The number of aliphatic hydroxyl groups excluding tert-OH is 1. The SMILES string of the molecule is Cc1ccc(S(=O)(=O)N([C@H]2CS(=O)(=O)C[C@H]2O)N(C)C)cc1C. The fraction of sp³-hybridized carbons (Fsp3) is 0.571. The van der Waals surface area contributed by atoms with Crippen LogP contribution in [0.4, 0.5) is 0 Å². The van der Waals surface area contributed by atoms with E-state index >= 15 is 0 Å². The lowest BCUT2D eigenvalue weighted by atomic mass is 10.1. The van der Waals surface area contributed by atoms with E-state index in [-0.39, 0.29) is 4.90 Å². The fourth-order valence-electron chi connectivity index (χ4n) is 2.69. The average molecular weight is 362 g/mol. The highest BCUT2D eigenvalue weighted by Crippen LogP contribution is 2.27. The first kappa shape index (κ1) is 18.3. The van der Waals surface area contributed by atoms with Crippen LogP contribution in [0.3, 0.4) is 0 Å². The van der Waals surface area contributed by atoms with Gasteiger partial charge in [0.2, 0.25) is 0 Å². The number of benzene rings is 1. The van der Waals surface area contributed by atoms with Crippen LogP contribution in [0.1, 0.15) is 11.1 Å². The molecular formula is C14H22N2O5S2. The van der Waals surface area contributed by atoms with Gasteiger partial charge >= 0.3 is 0 Å². The van der Waals surface area contributed by atoms with E-state index < -0.39 is 43.5 Å². The fourth-order valence-corrected chi connectivity index (χ4v) is 6.33. The highest BCUT2D eigenvalue weighted by Gasteiger charge is 2.46. The molecule has 2 atom stereocenters. The molecule has 1 aromatic carbocycles. The average Bonchev–Trinajstić information content (AvgIpc) is 2.65. The topological polar surface area (TPSA) is 95.0 Å². The number of sulfone groups is 1. The number of sulfonamides is 1. The van der Waals surface area contributed by atoms with Gasteiger partial charge in [0.1, 0.15) is 0 Å². The Morgan fingerprint density at radius 1 is 1.13 bits per heavy atom. The minimum Gasteiger partial charge on any atom is -0.390 e. The Morgan fingerprint density at radius 3 is 2.17 bits per heavy atom. The Labute approximate surface area is 137 Å². The zero-order valence-electron chi connectivity index (χ0n) is 13.6. The minimum absolute atomic E-state index is 0.0748. The van der Waals surface area contributed by atoms with Crippen molar-refractivity contribution in [1.29, 1.82) is 0 Å². The molecule has 0 bridgehead atoms. The number of rotatable bonds is 4. The van der Waals surface area contributed by atoms with Crippen molar-refractivity contribution in [3.8, 4) is 0 Å². The molecule has 0 saturated carbocycles. The molecule has 1 N–H and O–H groups in total. The zero-order chi connectivity index (χ0) is 17.6. The minimum atomic E-state index is -3.97. The van der Waals surface area contributed by atoms with E-state index in [0.717, 1.165) is 15.5 Å². The van der Waals surface area contributed by atoms with E-state index in [2.05, 4.69) is 0 Å². The van der Waals surface area contributed by atoms with Crippen LogP contribution in [0.25, 0.3) is 0 Å². The summed E-state index contributed by atoms with van der Waals surface area (Å²) in [4.78, 5) is 0.0748. The van der Waals surface area contributed by atoms with Gasteiger partial charge in [-0.2, -0.15) is 0 Å². The van der Waals surface area contributed by atoms with Crippen LogP contribution in [0, 0.1) is 13.8 Å². The first-order valence-corrected chi connectivity index (χ1v) is 10.4. The summed E-state index contributed by atoms with van der Waals surface area (Å²) >= 11 is 0. The van der Waals surface area contributed by atoms with Crippen molar-refractivity contribution in [2.24, 2.45) is 0 Å². The molecule has 0 aromatic heterocycles. The van der Waals surface area contributed by atoms with Gasteiger partial charge in [-0.3, -0.25) is 0 Å². The standard InChI is InChI=1S/C14H22N2O5S2/c1-10-5-6-12(7-11(10)2)23(20,21)16(15(3)4)13-8-22(18,19)9-14(13)17/h5-7,13-14,17H,8-9H2,1-4H3/t13-,14+/m0/s1. The van der Waals surface area contributed by atoms with Gasteiger partial charge in [0.25, 0.3) is 10.0 Å². The van der Waals surface area contributed by atoms with Crippen molar-refractivity contribution in [3.63, 3.8) is 0 Å². The first-order chi connectivity index (χ1) is 10.5. The lowest BCUT2D eigenvalue weighted by molar-refractivity contribution is 0.0272. The number of hydrogen-bond acceptors (Lipinski definition) is 6. The number of hydrazine groups is 1. The molecule has 0 spiro atoms. The summed E-state index contributed by atoms with van der Waals surface area (Å²) in [6.07, 6.45) is -1.25. The molecule has 0 radical (unpaired) electrons. The summed E-state index contributed by atoms with van der Waals surface area (Å²) in [7, 11) is -4.41. The quantitative estimate of drug-likeness (QED) is 0.754. The van der Waals surface area contributed by atoms with Gasteiger partial charge in [0.15, 0.2) is 9.84 Å². The highest BCUT2D eigenvalue weighted by molar-refractivity contribution is 7.92. The highest BCUT2D eigenvalue weighted by atomic mass is 32.2. The predicted molar refractivity (Wildman–Crippen MR) is 87.1 cm³/mol. The third-order valence-electron chi connectivity index (χ3n) is 3.99. The van der Waals surface area contributed by atoms with Crippen LogP contribution in [-0.4, -0.2) is 69.1 Å². The third kappa shape index (κ3) is 3.58. The number of hydrogen-bond donors (Lipinski definition) is 1. The van der Waals surface area contributed by atoms with Gasteiger partial charge in [-0.25, -0.2) is 21.8 Å². The van der Waals surface area contributed by atoms with Gasteiger partial charge in [-0.1, -0.05) is 6.07 Å². The predicted octanol–water partition coefficient (Wildman–Crippen LogP) is -0.0714. The summed E-state index contributed by atoms with van der Waals surface area (Å²) in [6, 6.07) is 3.72. The van der Waals surface area contributed by atoms with Crippen LogP contribution < -0.4 is 0 Å². The Kier molecular flexibility index (Phi) is 4.89. The molecule has 7 nitrogen and oxygen atoms in total. The van der Waals surface area contributed by atoms with E-state index in [0.29, 0.717) is 0 Å². The smallest absolute Gasteiger partial charge is 0.256 e. The molecule has 1 aliphatic rings. The summed E-state index contributed by atoms with van der Waals surface area (Å²) in [6.45, 7) is 3.69. The molecule has 0 unspecified atom stereocenters. The molecule has 0 aliphatic carbocycles. The lowest BCUT2D eigenvalue weighted by Gasteiger charge is -2.34. The molecule has 1 aromatic rings. The summed E-state index contributed by atoms with van der Waals surface area (Å²) in [5.74, 6) is -0.819. The maximum Gasteiger partial charge on any atom is 0.256 e. The molecule has 9 heteroatoms. The number of aryl methyl sites for hydroxylation is 2. The van der Waals surface area contributed by atoms with Crippen LogP contribution in [-0.2, 0) is 19.9 Å². The Morgan fingerprint density at radius 2 is 1.74 bits per heavy atom. The van der Waals surface area contributed by atoms with E-state index in [1.165, 1.54) is 25.2 Å². The normalized spacial score (nSPS) is 24.5. The van der Waals surface area contributed by atoms with Crippen molar-refractivity contribution in [2.75, 3.05) is 25.6 Å². The van der Waals surface area contributed by atoms with E-state index in [1.807, 2.05) is 13.8 Å². The second-order valence-corrected chi connectivity index (χ2v) is 10.0. The first-order valence-electron chi connectivity index (χ1n) is 7.13. The van der Waals surface area contributed by atoms with Crippen molar-refractivity contribution in [1.82, 2.24) is 9.42 Å². The van der Waals surface area contributed by atoms with Crippen molar-refractivity contribution >= 4 is 19.9 Å². The molecule has 2 rings (SSSR count). The molecule has 1 saturated heterocycles. The molecular weight excluding hydrogens is 340 g/mol. The largest absolute Gasteiger partial charge is 0.390 e. The van der Waals surface area contributed by atoms with Crippen molar-refractivity contribution in [3.05, 3.63) is 29.3 Å². The summed E-state index contributed by atoms with van der Waals surface area (Å²) < 4.78 is 50.4. The maximum atomic E-state index is 13.0. The van der Waals surface area contributed by atoms with Crippen LogP contribution in [0.2, 0.25) is 0 Å². The van der Waals surface area contributed by atoms with Crippen LogP contribution in [0.5, 0.6) is 0 Å². The maximum absolute atomic E-state index is 13.0. The second kappa shape index (κ2) is 6.14.